The van der Waals surface area contributed by atoms with Gasteiger partial charge < -0.3 is 10.1 Å². The molecule has 0 spiro atoms. The SMILES string of the molecule is Cc1ccc(Nc2ncnc3sc(C(=O)OCC(C)C)c(C)c23)cc1Cl. The van der Waals surface area contributed by atoms with Crippen molar-refractivity contribution in [3.63, 3.8) is 0 Å². The molecule has 7 heteroatoms. The van der Waals surface area contributed by atoms with Crippen LogP contribution in [0.1, 0.15) is 34.6 Å². The number of ether oxygens (including phenoxy) is 1. The zero-order valence-corrected chi connectivity index (χ0v) is 16.7. The third-order valence-corrected chi connectivity index (χ3v) is 5.48. The van der Waals surface area contributed by atoms with Crippen LogP contribution in [0.4, 0.5) is 11.5 Å². The van der Waals surface area contributed by atoms with Gasteiger partial charge in [-0.3, -0.25) is 0 Å². The number of aryl methyl sites for hydroxylation is 2. The zero-order valence-electron chi connectivity index (χ0n) is 15.1. The Morgan fingerprint density at radius 1 is 1.31 bits per heavy atom. The van der Waals surface area contributed by atoms with Gasteiger partial charge in [0.05, 0.1) is 12.0 Å². The molecule has 0 bridgehead atoms. The minimum absolute atomic E-state index is 0.289. The highest BCUT2D eigenvalue weighted by Crippen LogP contribution is 2.35. The van der Waals surface area contributed by atoms with Gasteiger partial charge in [0.1, 0.15) is 21.9 Å². The lowest BCUT2D eigenvalue weighted by Gasteiger charge is -2.09. The lowest BCUT2D eigenvalue weighted by atomic mass is 10.2. The first-order chi connectivity index (χ1) is 12.4. The van der Waals surface area contributed by atoms with Crippen LogP contribution in [0.15, 0.2) is 24.5 Å². The largest absolute Gasteiger partial charge is 0.461 e. The Labute approximate surface area is 161 Å². The fourth-order valence-corrected chi connectivity index (χ4v) is 3.70. The summed E-state index contributed by atoms with van der Waals surface area (Å²) in [5, 5.41) is 4.78. The van der Waals surface area contributed by atoms with Gasteiger partial charge in [0.25, 0.3) is 0 Å². The van der Waals surface area contributed by atoms with E-state index in [9.17, 15) is 4.79 Å². The fraction of sp³-hybridized carbons (Fsp3) is 0.316. The van der Waals surface area contributed by atoms with Gasteiger partial charge in [0.2, 0.25) is 0 Å². The number of carbonyl (C=O) groups excluding carboxylic acids is 1. The van der Waals surface area contributed by atoms with Crippen molar-refractivity contribution in [3.8, 4) is 0 Å². The number of thiophene rings is 1. The standard InChI is InChI=1S/C19H20ClN3O2S/c1-10(2)8-25-19(24)16-12(4)15-17(21-9-22-18(15)26-16)23-13-6-5-11(3)14(20)7-13/h5-7,9-10H,8H2,1-4H3,(H,21,22,23). The maximum absolute atomic E-state index is 12.4. The Bertz CT molecular complexity index is 969. The van der Waals surface area contributed by atoms with Gasteiger partial charge in [0.15, 0.2) is 0 Å². The van der Waals surface area contributed by atoms with Crippen LogP contribution in [-0.2, 0) is 4.74 Å². The Morgan fingerprint density at radius 2 is 2.08 bits per heavy atom. The van der Waals surface area contributed by atoms with Gasteiger partial charge in [-0.2, -0.15) is 0 Å². The van der Waals surface area contributed by atoms with Gasteiger partial charge in [-0.25, -0.2) is 14.8 Å². The molecule has 136 valence electrons. The van der Waals surface area contributed by atoms with Gasteiger partial charge >= 0.3 is 5.97 Å². The third-order valence-electron chi connectivity index (χ3n) is 3.89. The van der Waals surface area contributed by atoms with E-state index in [4.69, 9.17) is 16.3 Å². The highest BCUT2D eigenvalue weighted by atomic mass is 35.5. The van der Waals surface area contributed by atoms with E-state index in [-0.39, 0.29) is 11.9 Å². The fourth-order valence-electron chi connectivity index (χ4n) is 2.48. The number of fused-ring (bicyclic) bond motifs is 1. The highest BCUT2D eigenvalue weighted by Gasteiger charge is 2.20. The maximum atomic E-state index is 12.4. The topological polar surface area (TPSA) is 64.1 Å². The molecule has 0 atom stereocenters. The molecule has 0 fully saturated rings. The number of carbonyl (C=O) groups is 1. The first-order valence-electron chi connectivity index (χ1n) is 8.31. The van der Waals surface area contributed by atoms with E-state index >= 15 is 0 Å². The van der Waals surface area contributed by atoms with Crippen molar-refractivity contribution < 1.29 is 9.53 Å². The van der Waals surface area contributed by atoms with Crippen molar-refractivity contribution >= 4 is 50.6 Å². The molecule has 0 radical (unpaired) electrons. The van der Waals surface area contributed by atoms with Gasteiger partial charge in [0, 0.05) is 10.7 Å². The molecule has 26 heavy (non-hydrogen) atoms. The molecule has 2 heterocycles. The lowest BCUT2D eigenvalue weighted by molar-refractivity contribution is 0.0464. The van der Waals surface area contributed by atoms with E-state index in [2.05, 4.69) is 15.3 Å². The number of halogens is 1. The quantitative estimate of drug-likeness (QED) is 0.582. The van der Waals surface area contributed by atoms with Gasteiger partial charge in [-0.05, 0) is 43.0 Å². The number of rotatable bonds is 5. The van der Waals surface area contributed by atoms with E-state index in [0.717, 1.165) is 27.0 Å². The summed E-state index contributed by atoms with van der Waals surface area (Å²) < 4.78 is 5.37. The van der Waals surface area contributed by atoms with Crippen molar-refractivity contribution in [1.29, 1.82) is 0 Å². The summed E-state index contributed by atoms with van der Waals surface area (Å²) in [6, 6.07) is 5.73. The second-order valence-corrected chi connectivity index (χ2v) is 7.95. The third kappa shape index (κ3) is 3.81. The Kier molecular flexibility index (Phi) is 5.44. The lowest BCUT2D eigenvalue weighted by Crippen LogP contribution is -2.09. The number of aromatic nitrogens is 2. The first-order valence-corrected chi connectivity index (χ1v) is 9.50. The average molecular weight is 390 g/mol. The first kappa shape index (κ1) is 18.6. The number of hydrogen-bond acceptors (Lipinski definition) is 6. The summed E-state index contributed by atoms with van der Waals surface area (Å²) in [7, 11) is 0. The van der Waals surface area contributed by atoms with Crippen molar-refractivity contribution in [2.24, 2.45) is 5.92 Å². The molecular weight excluding hydrogens is 370 g/mol. The van der Waals surface area contributed by atoms with Crippen LogP contribution in [0.25, 0.3) is 10.2 Å². The van der Waals surface area contributed by atoms with E-state index in [1.54, 1.807) is 0 Å². The van der Waals surface area contributed by atoms with Crippen molar-refractivity contribution in [1.82, 2.24) is 9.97 Å². The van der Waals surface area contributed by atoms with Crippen LogP contribution < -0.4 is 5.32 Å². The van der Waals surface area contributed by atoms with Crippen LogP contribution in [0.2, 0.25) is 5.02 Å². The highest BCUT2D eigenvalue weighted by molar-refractivity contribution is 7.20. The minimum atomic E-state index is -0.316. The number of nitrogens with zero attached hydrogens (tertiary/aromatic N) is 2. The number of nitrogens with one attached hydrogen (secondary N) is 1. The number of esters is 1. The van der Waals surface area contributed by atoms with Crippen LogP contribution in [0.3, 0.4) is 0 Å². The second-order valence-electron chi connectivity index (χ2n) is 6.54. The zero-order chi connectivity index (χ0) is 18.8. The molecule has 0 aliphatic carbocycles. The van der Waals surface area contributed by atoms with Crippen LogP contribution in [-0.4, -0.2) is 22.5 Å². The summed E-state index contributed by atoms with van der Waals surface area (Å²) in [6.07, 6.45) is 1.49. The molecule has 0 aliphatic rings. The Balaban J connectivity index is 1.96. The molecule has 2 aromatic heterocycles. The van der Waals surface area contributed by atoms with E-state index < -0.39 is 0 Å². The van der Waals surface area contributed by atoms with Crippen LogP contribution >= 0.6 is 22.9 Å². The second kappa shape index (κ2) is 7.60. The van der Waals surface area contributed by atoms with E-state index in [1.807, 2.05) is 45.9 Å². The molecule has 0 unspecified atom stereocenters. The maximum Gasteiger partial charge on any atom is 0.348 e. The van der Waals surface area contributed by atoms with Gasteiger partial charge in [-0.15, -0.1) is 11.3 Å². The smallest absolute Gasteiger partial charge is 0.348 e. The molecule has 3 aromatic rings. The Hall–Kier alpha value is -2.18. The summed E-state index contributed by atoms with van der Waals surface area (Å²) in [4.78, 5) is 22.4. The summed E-state index contributed by atoms with van der Waals surface area (Å²) in [5.74, 6) is 0.618. The van der Waals surface area contributed by atoms with Crippen LogP contribution in [0.5, 0.6) is 0 Å². The minimum Gasteiger partial charge on any atom is -0.461 e. The number of anilines is 2. The molecule has 3 rings (SSSR count). The molecule has 1 aromatic carbocycles. The van der Waals surface area contributed by atoms with Crippen molar-refractivity contribution in [3.05, 3.63) is 45.6 Å². The van der Waals surface area contributed by atoms with Crippen molar-refractivity contribution in [2.75, 3.05) is 11.9 Å². The van der Waals surface area contributed by atoms with E-state index in [0.29, 0.717) is 22.3 Å². The molecule has 0 aliphatic heterocycles. The van der Waals surface area contributed by atoms with Crippen LogP contribution in [0, 0.1) is 19.8 Å². The summed E-state index contributed by atoms with van der Waals surface area (Å²) >= 11 is 7.53. The monoisotopic (exact) mass is 389 g/mol. The summed E-state index contributed by atoms with van der Waals surface area (Å²) in [5.41, 5.74) is 2.65. The predicted molar refractivity (Wildman–Crippen MR) is 107 cm³/mol. The summed E-state index contributed by atoms with van der Waals surface area (Å²) in [6.45, 7) is 8.25. The van der Waals surface area contributed by atoms with E-state index in [1.165, 1.54) is 17.7 Å². The predicted octanol–water partition coefficient (Wildman–Crippen LogP) is 5.52. The molecule has 0 amide bonds. The number of hydrogen-bond donors (Lipinski definition) is 1. The Morgan fingerprint density at radius 3 is 2.77 bits per heavy atom. The van der Waals surface area contributed by atoms with Crippen molar-refractivity contribution in [2.45, 2.75) is 27.7 Å². The van der Waals surface area contributed by atoms with Gasteiger partial charge in [-0.1, -0.05) is 31.5 Å². The molecule has 1 N–H and O–H groups in total. The number of benzene rings is 1. The molecule has 0 saturated heterocycles. The molecule has 5 nitrogen and oxygen atoms in total. The average Bonchev–Trinajstić information content (AvgIpc) is 2.94. The molecular formula is C19H20ClN3O2S. The normalized spacial score (nSPS) is 11.2. The molecule has 0 saturated carbocycles.